The average molecular weight is 698 g/mol. The van der Waals surface area contributed by atoms with Gasteiger partial charge in [0, 0.05) is 46.2 Å². The van der Waals surface area contributed by atoms with Gasteiger partial charge in [-0.25, -0.2) is 9.59 Å². The first-order valence-electron chi connectivity index (χ1n) is 12.4. The van der Waals surface area contributed by atoms with E-state index in [0.29, 0.717) is 11.1 Å². The second-order valence-corrected chi connectivity index (χ2v) is 10.7. The number of nitrogens with one attached hydrogen (secondary N) is 2. The number of aromatic amines is 2. The number of aryl methyl sites for hydroxylation is 2. The van der Waals surface area contributed by atoms with Crippen LogP contribution in [0.2, 0.25) is 0 Å². The van der Waals surface area contributed by atoms with Crippen molar-refractivity contribution in [2.75, 3.05) is 13.2 Å². The molecule has 2 aromatic rings. The molecule has 2 aliphatic heterocycles. The molecular weight excluding hydrogens is 674 g/mol. The van der Waals surface area contributed by atoms with Crippen LogP contribution in [0.1, 0.15) is 36.4 Å². The molecule has 4 rings (SSSR count). The van der Waals surface area contributed by atoms with Crippen molar-refractivity contribution < 1.29 is 37.4 Å². The van der Waals surface area contributed by atoms with Crippen LogP contribution in [0.15, 0.2) is 41.8 Å². The Bertz CT molecular complexity index is 1610. The van der Waals surface area contributed by atoms with Gasteiger partial charge in [-0.2, -0.15) is 0 Å². The fourth-order valence-electron chi connectivity index (χ4n) is 4.32. The van der Waals surface area contributed by atoms with E-state index in [9.17, 15) is 38.1 Å². The van der Waals surface area contributed by atoms with E-state index in [1.54, 1.807) is 0 Å². The molecule has 0 aromatic carbocycles. The van der Waals surface area contributed by atoms with Crippen molar-refractivity contribution in [1.82, 2.24) is 19.1 Å². The summed E-state index contributed by atoms with van der Waals surface area (Å²) >= 11 is 0. The third kappa shape index (κ3) is 10.6. The molecule has 0 aliphatic carbocycles. The van der Waals surface area contributed by atoms with Crippen molar-refractivity contribution in [3.8, 4) is 0 Å². The standard InChI is InChI=1S/2C10H12N5O6P.Ca/c2*1-5-3-15(10(17)12-9(5)16)8-2-6(13-14-11)7(21-8)4-20-22(18)19;/h2*3,6-8H,2,4H2,1H3,(H,12,16,17);/q;;+2. The first-order valence-corrected chi connectivity index (χ1v) is 14.6. The topological polar surface area (TPSA) is 324 Å². The minimum Gasteiger partial charge on any atom is -0.566 e. The number of H-pyrrole nitrogens is 2. The number of azide groups is 2. The molecule has 2 aliphatic rings. The first kappa shape index (κ1) is 38.4. The van der Waals surface area contributed by atoms with Gasteiger partial charge in [-0.15, -0.1) is 9.05 Å². The molecule has 4 heterocycles. The molecule has 2 saturated heterocycles. The van der Waals surface area contributed by atoms with Crippen LogP contribution < -0.4 is 32.3 Å². The Morgan fingerprint density at radius 1 is 0.844 bits per heavy atom. The number of aromatic nitrogens is 4. The van der Waals surface area contributed by atoms with Crippen LogP contribution in [-0.4, -0.2) is 94.3 Å². The van der Waals surface area contributed by atoms with Gasteiger partial charge in [-0.3, -0.25) is 28.7 Å². The predicted octanol–water partition coefficient (Wildman–Crippen LogP) is -0.689. The summed E-state index contributed by atoms with van der Waals surface area (Å²) in [5.41, 5.74) is 15.4. The van der Waals surface area contributed by atoms with Crippen molar-refractivity contribution in [3.63, 3.8) is 0 Å². The summed E-state index contributed by atoms with van der Waals surface area (Å²) in [7, 11) is -6.12. The number of hydrogen-bond acceptors (Lipinski definition) is 14. The molecule has 8 unspecified atom stereocenters. The van der Waals surface area contributed by atoms with E-state index >= 15 is 0 Å². The van der Waals surface area contributed by atoms with Crippen molar-refractivity contribution in [1.29, 1.82) is 0 Å². The SMILES string of the molecule is Cc1cn(C2CC(N=[N+]=[N-])C(CO[P+](=O)[O-])O2)c(=O)[nH]c1=O.Cc1cn(C2CC(N=[N+]=[N-])C(CO[P+](=O)[O-])O2)c(=O)[nH]c1=O.[Ca+2]. The quantitative estimate of drug-likeness (QED) is 0.102. The molecule has 8 atom stereocenters. The minimum absolute atomic E-state index is 0. The normalized spacial score (nSPS) is 24.3. The van der Waals surface area contributed by atoms with E-state index < -0.39 is 75.8 Å². The number of hydrogen-bond donors (Lipinski definition) is 2. The van der Waals surface area contributed by atoms with E-state index in [2.05, 4.69) is 39.1 Å². The molecule has 25 heteroatoms. The monoisotopic (exact) mass is 698 g/mol. The Balaban J connectivity index is 0.000000307. The third-order valence-electron chi connectivity index (χ3n) is 6.41. The summed E-state index contributed by atoms with van der Waals surface area (Å²) in [5.74, 6) is 0. The Labute approximate surface area is 282 Å². The Morgan fingerprint density at radius 3 is 1.51 bits per heavy atom. The summed E-state index contributed by atoms with van der Waals surface area (Å²) < 4.78 is 43.2. The molecule has 45 heavy (non-hydrogen) atoms. The van der Waals surface area contributed by atoms with Crippen LogP contribution in [-0.2, 0) is 27.7 Å². The third-order valence-corrected chi connectivity index (χ3v) is 7.13. The maximum absolute atomic E-state index is 11.8. The van der Waals surface area contributed by atoms with E-state index in [0.717, 1.165) is 9.13 Å². The summed E-state index contributed by atoms with van der Waals surface area (Å²) in [5, 5.41) is 7.04. The summed E-state index contributed by atoms with van der Waals surface area (Å²) in [6.45, 7) is 2.40. The van der Waals surface area contributed by atoms with Crippen molar-refractivity contribution in [3.05, 3.63) is 86.1 Å². The fourth-order valence-corrected chi connectivity index (χ4v) is 4.85. The Hall–Kier alpha value is -2.80. The van der Waals surface area contributed by atoms with Gasteiger partial charge >= 0.3 is 65.6 Å². The summed E-state index contributed by atoms with van der Waals surface area (Å²) in [6.07, 6.45) is -0.251. The predicted molar refractivity (Wildman–Crippen MR) is 148 cm³/mol. The smallest absolute Gasteiger partial charge is 0.566 e. The van der Waals surface area contributed by atoms with Gasteiger partial charge in [0.15, 0.2) is 0 Å². The van der Waals surface area contributed by atoms with Gasteiger partial charge in [0.1, 0.15) is 25.7 Å². The zero-order valence-electron chi connectivity index (χ0n) is 23.5. The summed E-state index contributed by atoms with van der Waals surface area (Å²) in [4.78, 5) is 76.9. The second-order valence-electron chi connectivity index (χ2n) is 9.27. The van der Waals surface area contributed by atoms with Gasteiger partial charge in [0.2, 0.25) is 0 Å². The van der Waals surface area contributed by atoms with Gasteiger partial charge in [0.25, 0.3) is 11.1 Å². The molecule has 2 N–H and O–H groups in total. The molecule has 0 radical (unpaired) electrons. The van der Waals surface area contributed by atoms with Crippen molar-refractivity contribution in [2.45, 2.75) is 63.4 Å². The molecule has 0 amide bonds. The number of ether oxygens (including phenoxy) is 2. The average Bonchev–Trinajstić information content (AvgIpc) is 3.55. The van der Waals surface area contributed by atoms with Crippen LogP contribution in [0.25, 0.3) is 20.9 Å². The van der Waals surface area contributed by atoms with Crippen LogP contribution >= 0.6 is 16.5 Å². The molecular formula is C20H24CaN10O12P2+2. The van der Waals surface area contributed by atoms with Crippen molar-refractivity contribution >= 4 is 54.2 Å². The van der Waals surface area contributed by atoms with Gasteiger partial charge < -0.3 is 19.3 Å². The maximum Gasteiger partial charge on any atom is 2.00 e. The largest absolute Gasteiger partial charge is 2.00 e. The van der Waals surface area contributed by atoms with E-state index in [-0.39, 0.29) is 63.8 Å². The maximum atomic E-state index is 11.8. The van der Waals surface area contributed by atoms with Crippen molar-refractivity contribution in [2.24, 2.45) is 10.2 Å². The molecule has 2 fully saturated rings. The van der Waals surface area contributed by atoms with Crippen LogP contribution in [0.3, 0.4) is 0 Å². The molecule has 22 nitrogen and oxygen atoms in total. The molecule has 2 aromatic heterocycles. The number of rotatable bonds is 10. The first-order chi connectivity index (χ1) is 20.8. The van der Waals surface area contributed by atoms with Gasteiger partial charge in [-0.05, 0) is 34.0 Å². The fraction of sp³-hybridized carbons (Fsp3) is 0.600. The van der Waals surface area contributed by atoms with E-state index in [1.165, 1.54) is 26.2 Å². The molecule has 0 bridgehead atoms. The Morgan fingerprint density at radius 2 is 1.20 bits per heavy atom. The number of nitrogens with zero attached hydrogens (tertiary/aromatic N) is 8. The van der Waals surface area contributed by atoms with E-state index in [4.69, 9.17) is 20.5 Å². The molecule has 0 spiro atoms. The molecule has 236 valence electrons. The zero-order valence-corrected chi connectivity index (χ0v) is 27.5. The van der Waals surface area contributed by atoms with Crippen LogP contribution in [0.5, 0.6) is 0 Å². The van der Waals surface area contributed by atoms with Gasteiger partial charge in [-0.1, -0.05) is 10.2 Å². The minimum atomic E-state index is -3.06. The van der Waals surface area contributed by atoms with Crippen LogP contribution in [0.4, 0.5) is 0 Å². The van der Waals surface area contributed by atoms with Gasteiger partial charge in [0.05, 0.1) is 24.3 Å². The summed E-state index contributed by atoms with van der Waals surface area (Å²) in [6, 6.07) is -1.38. The zero-order chi connectivity index (χ0) is 32.6. The van der Waals surface area contributed by atoms with Crippen LogP contribution in [0, 0.1) is 13.8 Å². The molecule has 0 saturated carbocycles. The Kier molecular flexibility index (Phi) is 15.2. The van der Waals surface area contributed by atoms with E-state index in [1.807, 2.05) is 0 Å². The second kappa shape index (κ2) is 17.8.